The molecule has 3 nitrogen and oxygen atoms in total. The van der Waals surface area contributed by atoms with Gasteiger partial charge in [-0.25, -0.2) is 0 Å². The van der Waals surface area contributed by atoms with Gasteiger partial charge in [0, 0.05) is 12.7 Å². The van der Waals surface area contributed by atoms with Crippen LogP contribution in [0.5, 0.6) is 0 Å². The van der Waals surface area contributed by atoms with Crippen molar-refractivity contribution in [1.29, 1.82) is 0 Å². The summed E-state index contributed by atoms with van der Waals surface area (Å²) in [5, 5.41) is 3.50. The first-order valence-corrected chi connectivity index (χ1v) is 6.65. The van der Waals surface area contributed by atoms with Crippen LogP contribution in [0.2, 0.25) is 0 Å². The van der Waals surface area contributed by atoms with E-state index in [0.29, 0.717) is 6.54 Å². The summed E-state index contributed by atoms with van der Waals surface area (Å²) in [6.45, 7) is 0.696. The van der Waals surface area contributed by atoms with Gasteiger partial charge in [0.1, 0.15) is 5.76 Å². The lowest BCUT2D eigenvalue weighted by atomic mass is 10.0. The van der Waals surface area contributed by atoms with E-state index in [4.69, 9.17) is 4.42 Å². The van der Waals surface area contributed by atoms with Crippen LogP contribution in [0.25, 0.3) is 0 Å². The maximum atomic E-state index is 5.56. The first-order valence-electron chi connectivity index (χ1n) is 6.65. The largest absolute Gasteiger partial charge is 0.467 e. The molecule has 3 rings (SSSR count). The molecular weight excluding hydrogens is 248 g/mol. The highest BCUT2D eigenvalue weighted by Gasteiger charge is 2.15. The van der Waals surface area contributed by atoms with Crippen molar-refractivity contribution in [2.75, 3.05) is 0 Å². The Morgan fingerprint density at radius 3 is 2.50 bits per heavy atom. The van der Waals surface area contributed by atoms with Gasteiger partial charge in [0.05, 0.1) is 18.0 Å². The van der Waals surface area contributed by atoms with Crippen LogP contribution in [0.4, 0.5) is 0 Å². The van der Waals surface area contributed by atoms with Crippen molar-refractivity contribution in [3.05, 3.63) is 90.1 Å². The fraction of sp³-hybridized carbons (Fsp3) is 0.118. The van der Waals surface area contributed by atoms with Crippen molar-refractivity contribution in [2.24, 2.45) is 0 Å². The smallest absolute Gasteiger partial charge is 0.125 e. The highest BCUT2D eigenvalue weighted by Crippen LogP contribution is 2.22. The molecule has 3 aromatic rings. The fourth-order valence-electron chi connectivity index (χ4n) is 2.19. The SMILES string of the molecule is c1ccc(C(NCc2ccccn2)c2ccco2)cc1. The molecule has 1 aromatic carbocycles. The van der Waals surface area contributed by atoms with E-state index in [0.717, 1.165) is 11.5 Å². The van der Waals surface area contributed by atoms with Gasteiger partial charge in [0.2, 0.25) is 0 Å². The van der Waals surface area contributed by atoms with Crippen molar-refractivity contribution in [2.45, 2.75) is 12.6 Å². The second-order valence-electron chi connectivity index (χ2n) is 4.56. The van der Waals surface area contributed by atoms with Crippen molar-refractivity contribution >= 4 is 0 Å². The van der Waals surface area contributed by atoms with Gasteiger partial charge in [-0.1, -0.05) is 36.4 Å². The number of furan rings is 1. The van der Waals surface area contributed by atoms with E-state index in [1.165, 1.54) is 5.56 Å². The molecule has 0 bridgehead atoms. The molecule has 2 heterocycles. The molecule has 1 N–H and O–H groups in total. The molecule has 1 atom stereocenters. The lowest BCUT2D eigenvalue weighted by Crippen LogP contribution is -2.22. The summed E-state index contributed by atoms with van der Waals surface area (Å²) in [5.41, 5.74) is 2.19. The lowest BCUT2D eigenvalue weighted by Gasteiger charge is -2.16. The Kier molecular flexibility index (Phi) is 3.90. The van der Waals surface area contributed by atoms with Crippen LogP contribution in [0.3, 0.4) is 0 Å². The molecule has 0 spiro atoms. The van der Waals surface area contributed by atoms with Crippen molar-refractivity contribution in [3.8, 4) is 0 Å². The third kappa shape index (κ3) is 2.95. The molecular formula is C17H16N2O. The molecule has 20 heavy (non-hydrogen) atoms. The lowest BCUT2D eigenvalue weighted by molar-refractivity contribution is 0.444. The number of nitrogens with zero attached hydrogens (tertiary/aromatic N) is 1. The summed E-state index contributed by atoms with van der Waals surface area (Å²) in [4.78, 5) is 4.33. The Labute approximate surface area is 118 Å². The van der Waals surface area contributed by atoms with Gasteiger partial charge in [-0.05, 0) is 29.8 Å². The zero-order valence-corrected chi connectivity index (χ0v) is 11.1. The highest BCUT2D eigenvalue weighted by atomic mass is 16.3. The minimum atomic E-state index is 0.0354. The number of benzene rings is 1. The number of rotatable bonds is 5. The normalized spacial score (nSPS) is 12.2. The van der Waals surface area contributed by atoms with Gasteiger partial charge in [-0.2, -0.15) is 0 Å². The maximum absolute atomic E-state index is 5.56. The number of hydrogen-bond donors (Lipinski definition) is 1. The first-order chi connectivity index (χ1) is 9.93. The second-order valence-corrected chi connectivity index (χ2v) is 4.56. The summed E-state index contributed by atoms with van der Waals surface area (Å²) < 4.78 is 5.56. The van der Waals surface area contributed by atoms with Crippen LogP contribution >= 0.6 is 0 Å². The number of nitrogens with one attached hydrogen (secondary N) is 1. The van der Waals surface area contributed by atoms with Gasteiger partial charge in [0.25, 0.3) is 0 Å². The van der Waals surface area contributed by atoms with Crippen molar-refractivity contribution < 1.29 is 4.42 Å². The minimum Gasteiger partial charge on any atom is -0.467 e. The Balaban J connectivity index is 1.80. The number of hydrogen-bond acceptors (Lipinski definition) is 3. The van der Waals surface area contributed by atoms with Crippen LogP contribution in [0, 0.1) is 0 Å². The van der Waals surface area contributed by atoms with Crippen LogP contribution in [0.15, 0.2) is 77.5 Å². The first kappa shape index (κ1) is 12.6. The van der Waals surface area contributed by atoms with Gasteiger partial charge < -0.3 is 4.42 Å². The van der Waals surface area contributed by atoms with Crippen LogP contribution in [-0.4, -0.2) is 4.98 Å². The predicted octanol–water partition coefficient (Wildman–Crippen LogP) is 3.55. The number of aromatic nitrogens is 1. The molecule has 0 aliphatic carbocycles. The molecule has 0 saturated heterocycles. The monoisotopic (exact) mass is 264 g/mol. The average Bonchev–Trinajstić information content (AvgIpc) is 3.04. The Morgan fingerprint density at radius 2 is 1.80 bits per heavy atom. The van der Waals surface area contributed by atoms with Gasteiger partial charge in [-0.3, -0.25) is 10.3 Å². The molecule has 0 aliphatic heterocycles. The molecule has 3 heteroatoms. The van der Waals surface area contributed by atoms with E-state index < -0.39 is 0 Å². The molecule has 0 amide bonds. The van der Waals surface area contributed by atoms with Crippen LogP contribution in [-0.2, 0) is 6.54 Å². The van der Waals surface area contributed by atoms with Crippen LogP contribution in [0.1, 0.15) is 23.1 Å². The zero-order valence-electron chi connectivity index (χ0n) is 11.1. The average molecular weight is 264 g/mol. The van der Waals surface area contributed by atoms with Crippen molar-refractivity contribution in [1.82, 2.24) is 10.3 Å². The Hall–Kier alpha value is -2.39. The quantitative estimate of drug-likeness (QED) is 0.765. The van der Waals surface area contributed by atoms with E-state index in [-0.39, 0.29) is 6.04 Å². The highest BCUT2D eigenvalue weighted by molar-refractivity contribution is 5.26. The van der Waals surface area contributed by atoms with E-state index in [9.17, 15) is 0 Å². The Bertz CT molecular complexity index is 621. The van der Waals surface area contributed by atoms with Gasteiger partial charge in [-0.15, -0.1) is 0 Å². The van der Waals surface area contributed by atoms with E-state index in [1.54, 1.807) is 12.5 Å². The van der Waals surface area contributed by atoms with Crippen LogP contribution < -0.4 is 5.32 Å². The summed E-state index contributed by atoms with van der Waals surface area (Å²) >= 11 is 0. The molecule has 2 aromatic heterocycles. The van der Waals surface area contributed by atoms with Crippen molar-refractivity contribution in [3.63, 3.8) is 0 Å². The summed E-state index contributed by atoms with van der Waals surface area (Å²) in [7, 11) is 0. The fourth-order valence-corrected chi connectivity index (χ4v) is 2.19. The molecule has 0 radical (unpaired) electrons. The van der Waals surface area contributed by atoms with Gasteiger partial charge in [0.15, 0.2) is 0 Å². The topological polar surface area (TPSA) is 38.1 Å². The molecule has 0 aliphatic rings. The predicted molar refractivity (Wildman–Crippen MR) is 78.1 cm³/mol. The minimum absolute atomic E-state index is 0.0354. The number of pyridine rings is 1. The zero-order chi connectivity index (χ0) is 13.6. The van der Waals surface area contributed by atoms with E-state index in [2.05, 4.69) is 22.4 Å². The Morgan fingerprint density at radius 1 is 0.950 bits per heavy atom. The molecule has 100 valence electrons. The third-order valence-corrected chi connectivity index (χ3v) is 3.17. The standard InChI is InChI=1S/C17H16N2O/c1-2-7-14(8-3-1)17(16-10-6-12-20-16)19-13-15-9-4-5-11-18-15/h1-12,17,19H,13H2. The summed E-state index contributed by atoms with van der Waals surface area (Å²) in [6, 6.07) is 20.1. The second kappa shape index (κ2) is 6.17. The van der Waals surface area contributed by atoms with Gasteiger partial charge >= 0.3 is 0 Å². The molecule has 0 fully saturated rings. The van der Waals surface area contributed by atoms with E-state index >= 15 is 0 Å². The summed E-state index contributed by atoms with van der Waals surface area (Å²) in [6.07, 6.45) is 3.51. The van der Waals surface area contributed by atoms with E-state index in [1.807, 2.05) is 48.5 Å². The third-order valence-electron chi connectivity index (χ3n) is 3.17. The molecule has 1 unspecified atom stereocenters. The summed E-state index contributed by atoms with van der Waals surface area (Å²) in [5.74, 6) is 0.909. The maximum Gasteiger partial charge on any atom is 0.125 e. The molecule has 0 saturated carbocycles.